The summed E-state index contributed by atoms with van der Waals surface area (Å²) in [5.41, 5.74) is 1.26. The van der Waals surface area contributed by atoms with Gasteiger partial charge in [0.2, 0.25) is 0 Å². The molecule has 1 N–H and O–H groups in total. The zero-order chi connectivity index (χ0) is 10.0. The number of benzene rings is 1. The Hall–Kier alpha value is 0.530. The van der Waals surface area contributed by atoms with E-state index in [2.05, 4.69) is 15.9 Å². The molecule has 0 aliphatic carbocycles. The maximum atomic E-state index is 8.98. The Morgan fingerprint density at radius 1 is 1.15 bits per heavy atom. The first kappa shape index (κ1) is 11.6. The van der Waals surface area contributed by atoms with Crippen LogP contribution < -0.4 is 0 Å². The Morgan fingerprint density at radius 2 is 1.69 bits per heavy atom. The van der Waals surface area contributed by atoms with Gasteiger partial charge in [-0.3, -0.25) is 0 Å². The van der Waals surface area contributed by atoms with Crippen molar-refractivity contribution < 1.29 is 5.11 Å². The number of hydrogen-bond donors (Lipinski definition) is 1. The van der Waals surface area contributed by atoms with Gasteiger partial charge in [-0.1, -0.05) is 50.7 Å². The molecule has 0 fully saturated rings. The van der Waals surface area contributed by atoms with Gasteiger partial charge in [-0.15, -0.1) is 0 Å². The molecule has 0 saturated carbocycles. The minimum absolute atomic E-state index is 0.186. The van der Waals surface area contributed by atoms with Crippen LogP contribution in [0.2, 0.25) is 15.1 Å². The van der Waals surface area contributed by atoms with Crippen LogP contribution in [0.15, 0.2) is 6.07 Å². The standard InChI is InChI=1S/C8H6BrCl3O/c9-2-4-6(10)1-7(11)5(3-13)8(4)12/h1,13H,2-3H2. The number of aliphatic hydroxyl groups excluding tert-OH is 1. The topological polar surface area (TPSA) is 20.2 Å². The van der Waals surface area contributed by atoms with Crippen molar-refractivity contribution >= 4 is 50.7 Å². The highest BCUT2D eigenvalue weighted by Crippen LogP contribution is 2.35. The van der Waals surface area contributed by atoms with Crippen LogP contribution in [0.25, 0.3) is 0 Å². The maximum Gasteiger partial charge on any atom is 0.0711 e. The van der Waals surface area contributed by atoms with Gasteiger partial charge in [0.05, 0.1) is 11.6 Å². The van der Waals surface area contributed by atoms with Gasteiger partial charge < -0.3 is 5.11 Å². The zero-order valence-electron chi connectivity index (χ0n) is 6.45. The van der Waals surface area contributed by atoms with Crippen molar-refractivity contribution in [3.8, 4) is 0 Å². The predicted octanol–water partition coefficient (Wildman–Crippen LogP) is 4.03. The third-order valence-corrected chi connectivity index (χ3v) is 3.34. The second-order valence-electron chi connectivity index (χ2n) is 2.40. The van der Waals surface area contributed by atoms with Gasteiger partial charge in [0.15, 0.2) is 0 Å². The number of aliphatic hydroxyl groups is 1. The lowest BCUT2D eigenvalue weighted by Gasteiger charge is -2.09. The summed E-state index contributed by atoms with van der Waals surface area (Å²) in [6.07, 6.45) is 0. The molecule has 0 heterocycles. The van der Waals surface area contributed by atoms with E-state index >= 15 is 0 Å². The van der Waals surface area contributed by atoms with Crippen molar-refractivity contribution in [2.45, 2.75) is 11.9 Å². The van der Waals surface area contributed by atoms with Crippen LogP contribution in [-0.4, -0.2) is 5.11 Å². The molecule has 0 radical (unpaired) electrons. The Bertz CT molecular complexity index is 299. The molecule has 0 aliphatic heterocycles. The number of halogens is 4. The molecule has 72 valence electrons. The Balaban J connectivity index is 3.39. The summed E-state index contributed by atoms with van der Waals surface area (Å²) in [6, 6.07) is 1.58. The number of rotatable bonds is 2. The van der Waals surface area contributed by atoms with E-state index < -0.39 is 0 Å². The average molecular weight is 304 g/mol. The molecule has 0 spiro atoms. The average Bonchev–Trinajstić information content (AvgIpc) is 2.04. The van der Waals surface area contributed by atoms with Crippen LogP contribution in [0, 0.1) is 0 Å². The van der Waals surface area contributed by atoms with E-state index in [-0.39, 0.29) is 6.61 Å². The molecule has 5 heteroatoms. The molecule has 0 unspecified atom stereocenters. The molecule has 1 rings (SSSR count). The van der Waals surface area contributed by atoms with E-state index in [0.29, 0.717) is 26.0 Å². The lowest BCUT2D eigenvalue weighted by Crippen LogP contribution is -1.92. The molecular weight excluding hydrogens is 298 g/mol. The summed E-state index contributed by atoms with van der Waals surface area (Å²) in [7, 11) is 0. The smallest absolute Gasteiger partial charge is 0.0711 e. The molecule has 0 amide bonds. The molecule has 0 aromatic heterocycles. The first-order valence-corrected chi connectivity index (χ1v) is 5.69. The van der Waals surface area contributed by atoms with E-state index in [1.54, 1.807) is 6.07 Å². The van der Waals surface area contributed by atoms with Gasteiger partial charge in [-0.2, -0.15) is 0 Å². The van der Waals surface area contributed by atoms with Crippen LogP contribution in [-0.2, 0) is 11.9 Å². The largest absolute Gasteiger partial charge is 0.392 e. The zero-order valence-corrected chi connectivity index (χ0v) is 10.3. The van der Waals surface area contributed by atoms with Gasteiger partial charge >= 0.3 is 0 Å². The Labute approximate surface area is 99.7 Å². The Morgan fingerprint density at radius 3 is 2.15 bits per heavy atom. The minimum atomic E-state index is -0.186. The third kappa shape index (κ3) is 2.31. The van der Waals surface area contributed by atoms with Crippen molar-refractivity contribution in [3.05, 3.63) is 32.3 Å². The molecule has 0 saturated heterocycles. The first-order chi connectivity index (χ1) is 6.11. The van der Waals surface area contributed by atoms with Gasteiger partial charge in [0.25, 0.3) is 0 Å². The summed E-state index contributed by atoms with van der Waals surface area (Å²) in [5.74, 6) is 0. The number of alkyl halides is 1. The maximum absolute atomic E-state index is 8.98. The van der Waals surface area contributed by atoms with Crippen molar-refractivity contribution in [1.82, 2.24) is 0 Å². The van der Waals surface area contributed by atoms with E-state index in [4.69, 9.17) is 39.9 Å². The fourth-order valence-electron chi connectivity index (χ4n) is 0.945. The molecule has 0 atom stereocenters. The van der Waals surface area contributed by atoms with Crippen LogP contribution in [0.3, 0.4) is 0 Å². The lowest BCUT2D eigenvalue weighted by molar-refractivity contribution is 0.282. The number of hydrogen-bond acceptors (Lipinski definition) is 1. The summed E-state index contributed by atoms with van der Waals surface area (Å²) in [6.45, 7) is -0.186. The molecule has 1 aromatic rings. The van der Waals surface area contributed by atoms with Crippen LogP contribution in [0.1, 0.15) is 11.1 Å². The van der Waals surface area contributed by atoms with Crippen LogP contribution in [0.4, 0.5) is 0 Å². The summed E-state index contributed by atoms with van der Waals surface area (Å²) in [4.78, 5) is 0. The SMILES string of the molecule is OCc1c(Cl)cc(Cl)c(CBr)c1Cl. The van der Waals surface area contributed by atoms with Gasteiger partial charge in [-0.25, -0.2) is 0 Å². The molecular formula is C8H6BrCl3O. The highest BCUT2D eigenvalue weighted by Gasteiger charge is 2.13. The third-order valence-electron chi connectivity index (χ3n) is 1.65. The normalized spacial score (nSPS) is 10.5. The van der Waals surface area contributed by atoms with Gasteiger partial charge in [-0.05, 0) is 6.07 Å². The summed E-state index contributed by atoms with van der Waals surface area (Å²) >= 11 is 20.9. The van der Waals surface area contributed by atoms with E-state index in [1.165, 1.54) is 0 Å². The molecule has 0 bridgehead atoms. The van der Waals surface area contributed by atoms with Crippen molar-refractivity contribution in [3.63, 3.8) is 0 Å². The van der Waals surface area contributed by atoms with Crippen molar-refractivity contribution in [2.24, 2.45) is 0 Å². The lowest BCUT2D eigenvalue weighted by atomic mass is 10.1. The summed E-state index contributed by atoms with van der Waals surface area (Å²) < 4.78 is 0. The van der Waals surface area contributed by atoms with Crippen molar-refractivity contribution in [1.29, 1.82) is 0 Å². The van der Waals surface area contributed by atoms with E-state index in [1.807, 2.05) is 0 Å². The fourth-order valence-corrected chi connectivity index (χ4v) is 2.87. The molecule has 1 aromatic carbocycles. The summed E-state index contributed by atoms with van der Waals surface area (Å²) in [5, 5.41) is 10.8. The fraction of sp³-hybridized carbons (Fsp3) is 0.250. The van der Waals surface area contributed by atoms with Crippen LogP contribution >= 0.6 is 50.7 Å². The highest BCUT2D eigenvalue weighted by molar-refractivity contribution is 9.08. The quantitative estimate of drug-likeness (QED) is 0.818. The van der Waals surface area contributed by atoms with Crippen molar-refractivity contribution in [2.75, 3.05) is 0 Å². The Kier molecular flexibility index (Phi) is 4.33. The molecule has 0 aliphatic rings. The van der Waals surface area contributed by atoms with Gasteiger partial charge in [0, 0.05) is 26.5 Å². The minimum Gasteiger partial charge on any atom is -0.392 e. The molecule has 1 nitrogen and oxygen atoms in total. The van der Waals surface area contributed by atoms with E-state index in [0.717, 1.165) is 5.56 Å². The first-order valence-electron chi connectivity index (χ1n) is 3.43. The second-order valence-corrected chi connectivity index (χ2v) is 4.16. The predicted molar refractivity (Wildman–Crippen MR) is 60.0 cm³/mol. The van der Waals surface area contributed by atoms with Gasteiger partial charge in [0.1, 0.15) is 0 Å². The van der Waals surface area contributed by atoms with Crippen LogP contribution in [0.5, 0.6) is 0 Å². The monoisotopic (exact) mass is 302 g/mol. The molecule has 13 heavy (non-hydrogen) atoms. The second kappa shape index (κ2) is 4.85. The van der Waals surface area contributed by atoms with E-state index in [9.17, 15) is 0 Å². The highest BCUT2D eigenvalue weighted by atomic mass is 79.9.